The Morgan fingerprint density at radius 2 is 1.69 bits per heavy atom. The van der Waals surface area contributed by atoms with Gasteiger partial charge in [-0.1, -0.05) is 13.8 Å². The van der Waals surface area contributed by atoms with Gasteiger partial charge in [0.25, 0.3) is 0 Å². The fourth-order valence-electron chi connectivity index (χ4n) is 1.29. The minimum Gasteiger partial charge on any atom is -0.495 e. The molecule has 0 spiro atoms. The monoisotopic (exact) mass is 287 g/mol. The van der Waals surface area contributed by atoms with Gasteiger partial charge in [-0.2, -0.15) is 0 Å². The Bertz CT molecular complexity index is 328. The van der Waals surface area contributed by atoms with Gasteiger partial charge in [-0.15, -0.1) is 0 Å². The lowest BCUT2D eigenvalue weighted by Gasteiger charge is -2.14. The normalized spacial score (nSPS) is 10.4. The summed E-state index contributed by atoms with van der Waals surface area (Å²) in [7, 11) is 3.29. The van der Waals surface area contributed by atoms with Gasteiger partial charge in [0.15, 0.2) is 0 Å². The fourth-order valence-corrected chi connectivity index (χ4v) is 1.85. The van der Waals surface area contributed by atoms with E-state index in [1.54, 1.807) is 14.2 Å². The number of rotatable bonds is 5. The summed E-state index contributed by atoms with van der Waals surface area (Å²) in [6.45, 7) is 5.26. The summed E-state index contributed by atoms with van der Waals surface area (Å²) in [5.74, 6) is 2.14. The van der Waals surface area contributed by atoms with E-state index >= 15 is 0 Å². The Balaban J connectivity index is 2.93. The average molecular weight is 288 g/mol. The highest BCUT2D eigenvalue weighted by atomic mass is 79.9. The summed E-state index contributed by atoms with van der Waals surface area (Å²) in [6.07, 6.45) is 0. The number of methoxy groups -OCH3 is 2. The Hall–Kier alpha value is -0.900. The first-order valence-electron chi connectivity index (χ1n) is 5.23. The molecular weight excluding hydrogens is 270 g/mol. The van der Waals surface area contributed by atoms with Crippen LogP contribution in [0.25, 0.3) is 0 Å². The van der Waals surface area contributed by atoms with Crippen molar-refractivity contribution >= 4 is 21.6 Å². The predicted molar refractivity (Wildman–Crippen MR) is 70.6 cm³/mol. The molecule has 0 heterocycles. The summed E-state index contributed by atoms with van der Waals surface area (Å²) in [6, 6.07) is 3.91. The number of halogens is 1. The van der Waals surface area contributed by atoms with Gasteiger partial charge in [0.2, 0.25) is 0 Å². The molecule has 0 atom stereocenters. The first-order chi connectivity index (χ1) is 7.58. The zero-order valence-electron chi connectivity index (χ0n) is 10.1. The molecule has 1 N–H and O–H groups in total. The molecule has 0 amide bonds. The van der Waals surface area contributed by atoms with Crippen molar-refractivity contribution in [2.75, 3.05) is 26.1 Å². The van der Waals surface area contributed by atoms with Crippen LogP contribution >= 0.6 is 15.9 Å². The third kappa shape index (κ3) is 3.30. The van der Waals surface area contributed by atoms with Gasteiger partial charge >= 0.3 is 0 Å². The predicted octanol–water partition coefficient (Wildman–Crippen LogP) is 3.53. The minimum atomic E-state index is 0.598. The van der Waals surface area contributed by atoms with Gasteiger partial charge in [0, 0.05) is 24.4 Å². The number of ether oxygens (including phenoxy) is 2. The largest absolute Gasteiger partial charge is 0.495 e. The molecule has 0 saturated carbocycles. The second-order valence-electron chi connectivity index (χ2n) is 3.97. The lowest BCUT2D eigenvalue weighted by Crippen LogP contribution is -2.08. The Morgan fingerprint density at radius 3 is 2.06 bits per heavy atom. The van der Waals surface area contributed by atoms with Gasteiger partial charge < -0.3 is 14.8 Å². The van der Waals surface area contributed by atoms with Crippen molar-refractivity contribution in [3.8, 4) is 11.5 Å². The zero-order valence-corrected chi connectivity index (χ0v) is 11.7. The highest BCUT2D eigenvalue weighted by Crippen LogP contribution is 2.37. The molecule has 4 heteroatoms. The molecule has 0 radical (unpaired) electrons. The van der Waals surface area contributed by atoms with Crippen LogP contribution in [0.4, 0.5) is 5.69 Å². The molecule has 0 unspecified atom stereocenters. The maximum Gasteiger partial charge on any atom is 0.138 e. The SMILES string of the molecule is COc1cc(NCC(C)C)cc(OC)c1Br. The quantitative estimate of drug-likeness (QED) is 0.899. The fraction of sp³-hybridized carbons (Fsp3) is 0.500. The third-order valence-corrected chi connectivity index (χ3v) is 2.94. The van der Waals surface area contributed by atoms with E-state index in [1.807, 2.05) is 12.1 Å². The van der Waals surface area contributed by atoms with Crippen molar-refractivity contribution in [3.63, 3.8) is 0 Å². The summed E-state index contributed by atoms with van der Waals surface area (Å²) >= 11 is 3.44. The average Bonchev–Trinajstić information content (AvgIpc) is 2.27. The molecular formula is C12H18BrNO2. The second-order valence-corrected chi connectivity index (χ2v) is 4.76. The highest BCUT2D eigenvalue weighted by Gasteiger charge is 2.09. The van der Waals surface area contributed by atoms with E-state index in [0.29, 0.717) is 5.92 Å². The van der Waals surface area contributed by atoms with Gasteiger partial charge in [-0.05, 0) is 21.8 Å². The highest BCUT2D eigenvalue weighted by molar-refractivity contribution is 9.10. The molecule has 1 rings (SSSR count). The van der Waals surface area contributed by atoms with Crippen LogP contribution in [0.5, 0.6) is 11.5 Å². The number of anilines is 1. The maximum atomic E-state index is 5.27. The molecule has 1 aromatic rings. The molecule has 0 fully saturated rings. The van der Waals surface area contributed by atoms with Crippen LogP contribution in [-0.2, 0) is 0 Å². The van der Waals surface area contributed by atoms with Crippen molar-refractivity contribution in [2.24, 2.45) is 5.92 Å². The molecule has 0 aromatic heterocycles. The number of hydrogen-bond acceptors (Lipinski definition) is 3. The van der Waals surface area contributed by atoms with Crippen LogP contribution in [0.1, 0.15) is 13.8 Å². The maximum absolute atomic E-state index is 5.27. The van der Waals surface area contributed by atoms with E-state index < -0.39 is 0 Å². The van der Waals surface area contributed by atoms with E-state index in [0.717, 1.165) is 28.2 Å². The Labute approximate surface area is 105 Å². The molecule has 0 bridgehead atoms. The van der Waals surface area contributed by atoms with Crippen LogP contribution in [0.3, 0.4) is 0 Å². The van der Waals surface area contributed by atoms with Crippen molar-refractivity contribution in [1.82, 2.24) is 0 Å². The van der Waals surface area contributed by atoms with Gasteiger partial charge in [0.05, 0.1) is 14.2 Å². The summed E-state index contributed by atoms with van der Waals surface area (Å²) in [4.78, 5) is 0. The molecule has 3 nitrogen and oxygen atoms in total. The van der Waals surface area contributed by atoms with E-state index in [2.05, 4.69) is 35.1 Å². The number of benzene rings is 1. The van der Waals surface area contributed by atoms with Crippen LogP contribution in [0.15, 0.2) is 16.6 Å². The summed E-state index contributed by atoms with van der Waals surface area (Å²) in [5, 5.41) is 3.34. The van der Waals surface area contributed by atoms with Crippen LogP contribution in [0.2, 0.25) is 0 Å². The van der Waals surface area contributed by atoms with Gasteiger partial charge in [-0.25, -0.2) is 0 Å². The molecule has 90 valence electrons. The Kier molecular flexibility index (Phi) is 4.93. The first kappa shape index (κ1) is 13.2. The Morgan fingerprint density at radius 1 is 1.19 bits per heavy atom. The van der Waals surface area contributed by atoms with E-state index in [1.165, 1.54) is 0 Å². The van der Waals surface area contributed by atoms with E-state index in [9.17, 15) is 0 Å². The van der Waals surface area contributed by atoms with E-state index in [-0.39, 0.29) is 0 Å². The van der Waals surface area contributed by atoms with Crippen LogP contribution < -0.4 is 14.8 Å². The van der Waals surface area contributed by atoms with Crippen LogP contribution in [-0.4, -0.2) is 20.8 Å². The lowest BCUT2D eigenvalue weighted by molar-refractivity contribution is 0.390. The molecule has 0 aliphatic rings. The summed E-state index contributed by atoms with van der Waals surface area (Å²) in [5.41, 5.74) is 1.01. The topological polar surface area (TPSA) is 30.5 Å². The smallest absolute Gasteiger partial charge is 0.138 e. The van der Waals surface area contributed by atoms with E-state index in [4.69, 9.17) is 9.47 Å². The standard InChI is InChI=1S/C12H18BrNO2/c1-8(2)7-14-9-5-10(15-3)12(13)11(6-9)16-4/h5-6,8,14H,7H2,1-4H3. The van der Waals surface area contributed by atoms with Crippen molar-refractivity contribution in [3.05, 3.63) is 16.6 Å². The minimum absolute atomic E-state index is 0.598. The van der Waals surface area contributed by atoms with Crippen molar-refractivity contribution < 1.29 is 9.47 Å². The molecule has 16 heavy (non-hydrogen) atoms. The van der Waals surface area contributed by atoms with Crippen molar-refractivity contribution in [1.29, 1.82) is 0 Å². The lowest BCUT2D eigenvalue weighted by atomic mass is 10.2. The van der Waals surface area contributed by atoms with Gasteiger partial charge in [0.1, 0.15) is 16.0 Å². The van der Waals surface area contributed by atoms with Crippen molar-refractivity contribution in [2.45, 2.75) is 13.8 Å². The first-order valence-corrected chi connectivity index (χ1v) is 6.03. The summed E-state index contributed by atoms with van der Waals surface area (Å²) < 4.78 is 11.4. The number of nitrogens with one attached hydrogen (secondary N) is 1. The molecule has 0 aliphatic carbocycles. The number of hydrogen-bond donors (Lipinski definition) is 1. The molecule has 1 aromatic carbocycles. The third-order valence-electron chi connectivity index (χ3n) is 2.16. The second kappa shape index (κ2) is 5.99. The zero-order chi connectivity index (χ0) is 12.1. The van der Waals surface area contributed by atoms with Gasteiger partial charge in [-0.3, -0.25) is 0 Å². The molecule has 0 saturated heterocycles. The molecule has 0 aliphatic heterocycles. The van der Waals surface area contributed by atoms with Crippen LogP contribution in [0, 0.1) is 5.92 Å².